The maximum atomic E-state index is 12.7. The normalized spacial score (nSPS) is 19.4. The van der Waals surface area contributed by atoms with E-state index in [0.29, 0.717) is 12.8 Å². The Bertz CT molecular complexity index is 388. The molecule has 116 valence electrons. The maximum absolute atomic E-state index is 12.7. The van der Waals surface area contributed by atoms with Crippen molar-refractivity contribution < 1.29 is 36.6 Å². The van der Waals surface area contributed by atoms with E-state index in [-0.39, 0.29) is 12.8 Å². The van der Waals surface area contributed by atoms with Crippen molar-refractivity contribution in [3.63, 3.8) is 0 Å². The zero-order valence-corrected chi connectivity index (χ0v) is 10.4. The highest BCUT2D eigenvalue weighted by Gasteiger charge is 2.63. The number of hydrogen-bond donors (Lipinski definition) is 2. The van der Waals surface area contributed by atoms with E-state index in [1.165, 1.54) is 5.32 Å². The van der Waals surface area contributed by atoms with Crippen molar-refractivity contribution in [2.24, 2.45) is 5.41 Å². The highest BCUT2D eigenvalue weighted by molar-refractivity contribution is 5.85. The molecule has 0 saturated heterocycles. The van der Waals surface area contributed by atoms with E-state index in [2.05, 4.69) is 0 Å². The molecule has 20 heavy (non-hydrogen) atoms. The second kappa shape index (κ2) is 5.53. The van der Waals surface area contributed by atoms with E-state index >= 15 is 0 Å². The molecule has 1 fully saturated rings. The Labute approximate surface area is 111 Å². The van der Waals surface area contributed by atoms with Crippen LogP contribution in [0, 0.1) is 5.41 Å². The molecule has 4 nitrogen and oxygen atoms in total. The molecule has 9 heteroatoms. The molecule has 0 aromatic carbocycles. The quantitative estimate of drug-likeness (QED) is 0.783. The second-order valence-corrected chi connectivity index (χ2v) is 4.90. The standard InChI is InChI=1S/C11H14F5NO3/c12-10(13,11(14,15)16)7(18)17-6-9(8(19)20)4-2-1-3-5-9/h1-6H2,(H,17,18)(H,19,20). The van der Waals surface area contributed by atoms with Gasteiger partial charge in [0.1, 0.15) is 0 Å². The van der Waals surface area contributed by atoms with Crippen molar-refractivity contribution in [1.82, 2.24) is 5.32 Å². The first-order valence-corrected chi connectivity index (χ1v) is 5.99. The number of alkyl halides is 5. The summed E-state index contributed by atoms with van der Waals surface area (Å²) < 4.78 is 61.4. The minimum Gasteiger partial charge on any atom is -0.481 e. The van der Waals surface area contributed by atoms with Crippen LogP contribution in [0.25, 0.3) is 0 Å². The second-order valence-electron chi connectivity index (χ2n) is 4.90. The number of aliphatic carboxylic acids is 1. The SMILES string of the molecule is O=C(O)C1(CNC(=O)C(F)(F)C(F)(F)F)CCCCC1. The molecule has 1 saturated carbocycles. The Kier molecular flexibility index (Phi) is 4.60. The average molecular weight is 303 g/mol. The molecule has 0 aliphatic heterocycles. The van der Waals surface area contributed by atoms with E-state index in [9.17, 15) is 31.5 Å². The van der Waals surface area contributed by atoms with Gasteiger partial charge in [-0.05, 0) is 12.8 Å². The minimum atomic E-state index is -6.00. The fourth-order valence-electron chi connectivity index (χ4n) is 2.18. The molecule has 0 aromatic rings. The van der Waals surface area contributed by atoms with Crippen molar-refractivity contribution in [2.75, 3.05) is 6.54 Å². The molecular formula is C11H14F5NO3. The number of carbonyl (C=O) groups is 2. The smallest absolute Gasteiger partial charge is 0.463 e. The zero-order chi connectivity index (χ0) is 15.6. The number of carboxylic acids is 1. The Hall–Kier alpha value is -1.41. The summed E-state index contributed by atoms with van der Waals surface area (Å²) in [4.78, 5) is 22.1. The molecule has 0 aromatic heterocycles. The number of carboxylic acid groups (broad SMARTS) is 1. The van der Waals surface area contributed by atoms with Crippen LogP contribution in [0.3, 0.4) is 0 Å². The number of nitrogens with one attached hydrogen (secondary N) is 1. The first-order chi connectivity index (χ1) is 9.03. The molecule has 0 radical (unpaired) electrons. The Balaban J connectivity index is 2.74. The van der Waals surface area contributed by atoms with Gasteiger partial charge in [-0.25, -0.2) is 0 Å². The summed E-state index contributed by atoms with van der Waals surface area (Å²) in [5, 5.41) is 10.5. The maximum Gasteiger partial charge on any atom is 0.463 e. The van der Waals surface area contributed by atoms with Crippen LogP contribution in [0.15, 0.2) is 0 Å². The van der Waals surface area contributed by atoms with E-state index in [4.69, 9.17) is 5.11 Å². The number of halogens is 5. The Morgan fingerprint density at radius 3 is 1.95 bits per heavy atom. The van der Waals surface area contributed by atoms with Gasteiger partial charge in [-0.15, -0.1) is 0 Å². The van der Waals surface area contributed by atoms with Crippen LogP contribution in [0.2, 0.25) is 0 Å². The Morgan fingerprint density at radius 1 is 1.05 bits per heavy atom. The summed E-state index contributed by atoms with van der Waals surface area (Å²) in [7, 11) is 0. The molecular weight excluding hydrogens is 289 g/mol. The van der Waals surface area contributed by atoms with Crippen LogP contribution in [-0.2, 0) is 9.59 Å². The molecule has 0 spiro atoms. The van der Waals surface area contributed by atoms with Crippen molar-refractivity contribution in [3.05, 3.63) is 0 Å². The molecule has 0 bridgehead atoms. The highest BCUT2D eigenvalue weighted by atomic mass is 19.4. The van der Waals surface area contributed by atoms with Crippen molar-refractivity contribution in [2.45, 2.75) is 44.2 Å². The lowest BCUT2D eigenvalue weighted by Gasteiger charge is -2.33. The summed E-state index contributed by atoms with van der Waals surface area (Å²) in [6, 6.07) is 0. The minimum absolute atomic E-state index is 0.139. The van der Waals surface area contributed by atoms with Crippen molar-refractivity contribution >= 4 is 11.9 Å². The average Bonchev–Trinajstić information content (AvgIpc) is 2.35. The fraction of sp³-hybridized carbons (Fsp3) is 0.818. The predicted molar refractivity (Wildman–Crippen MR) is 57.2 cm³/mol. The molecule has 0 unspecified atom stereocenters. The Morgan fingerprint density at radius 2 is 1.55 bits per heavy atom. The van der Waals surface area contributed by atoms with E-state index in [1.807, 2.05) is 0 Å². The summed E-state index contributed by atoms with van der Waals surface area (Å²) >= 11 is 0. The van der Waals surface area contributed by atoms with Gasteiger partial charge in [0.05, 0.1) is 5.41 Å². The third-order valence-electron chi connectivity index (χ3n) is 3.49. The van der Waals surface area contributed by atoms with E-state index < -0.39 is 35.9 Å². The van der Waals surface area contributed by atoms with Gasteiger partial charge in [0.2, 0.25) is 0 Å². The van der Waals surface area contributed by atoms with Gasteiger partial charge < -0.3 is 10.4 Å². The molecule has 1 amide bonds. The van der Waals surface area contributed by atoms with Crippen molar-refractivity contribution in [1.29, 1.82) is 0 Å². The van der Waals surface area contributed by atoms with Gasteiger partial charge in [0, 0.05) is 6.54 Å². The van der Waals surface area contributed by atoms with Crippen LogP contribution in [0.4, 0.5) is 22.0 Å². The molecule has 1 rings (SSSR count). The lowest BCUT2D eigenvalue weighted by molar-refractivity contribution is -0.269. The summed E-state index contributed by atoms with van der Waals surface area (Å²) in [6.45, 7) is -0.729. The fourth-order valence-corrected chi connectivity index (χ4v) is 2.18. The third kappa shape index (κ3) is 3.18. The van der Waals surface area contributed by atoms with Crippen LogP contribution >= 0.6 is 0 Å². The third-order valence-corrected chi connectivity index (χ3v) is 3.49. The van der Waals surface area contributed by atoms with Gasteiger partial charge in [-0.2, -0.15) is 22.0 Å². The van der Waals surface area contributed by atoms with Crippen LogP contribution in [0.5, 0.6) is 0 Å². The molecule has 2 N–H and O–H groups in total. The van der Waals surface area contributed by atoms with Gasteiger partial charge >= 0.3 is 18.1 Å². The largest absolute Gasteiger partial charge is 0.481 e. The zero-order valence-electron chi connectivity index (χ0n) is 10.4. The molecule has 0 atom stereocenters. The monoisotopic (exact) mass is 303 g/mol. The lowest BCUT2D eigenvalue weighted by atomic mass is 9.74. The summed E-state index contributed by atoms with van der Waals surface area (Å²) in [5.41, 5.74) is -1.46. The summed E-state index contributed by atoms with van der Waals surface area (Å²) in [5.74, 6) is -9.34. The highest BCUT2D eigenvalue weighted by Crippen LogP contribution is 2.38. The molecule has 1 aliphatic rings. The van der Waals surface area contributed by atoms with Crippen molar-refractivity contribution in [3.8, 4) is 0 Å². The van der Waals surface area contributed by atoms with Gasteiger partial charge in [0.15, 0.2) is 0 Å². The van der Waals surface area contributed by atoms with Gasteiger partial charge in [-0.1, -0.05) is 19.3 Å². The van der Waals surface area contributed by atoms with Crippen LogP contribution in [0.1, 0.15) is 32.1 Å². The van der Waals surface area contributed by atoms with Gasteiger partial charge in [0.25, 0.3) is 5.91 Å². The number of rotatable bonds is 4. The number of hydrogen-bond acceptors (Lipinski definition) is 2. The number of carbonyl (C=O) groups excluding carboxylic acids is 1. The summed E-state index contributed by atoms with van der Waals surface area (Å²) in [6.07, 6.45) is -3.90. The van der Waals surface area contributed by atoms with E-state index in [1.54, 1.807) is 0 Å². The van der Waals surface area contributed by atoms with Gasteiger partial charge in [-0.3, -0.25) is 9.59 Å². The van der Waals surface area contributed by atoms with Crippen LogP contribution in [-0.4, -0.2) is 35.6 Å². The van der Waals surface area contributed by atoms with E-state index in [0.717, 1.165) is 6.42 Å². The number of amides is 1. The first-order valence-electron chi connectivity index (χ1n) is 5.99. The molecule has 0 heterocycles. The predicted octanol–water partition coefficient (Wildman–Crippen LogP) is 2.34. The first kappa shape index (κ1) is 16.6. The molecule has 1 aliphatic carbocycles. The van der Waals surface area contributed by atoms with Crippen LogP contribution < -0.4 is 5.32 Å². The topological polar surface area (TPSA) is 66.4 Å². The lowest BCUT2D eigenvalue weighted by Crippen LogP contribution is -2.54.